The predicted octanol–water partition coefficient (Wildman–Crippen LogP) is 8.12. The predicted molar refractivity (Wildman–Crippen MR) is 143 cm³/mol. The van der Waals surface area contributed by atoms with Crippen molar-refractivity contribution in [1.29, 1.82) is 0 Å². The molecule has 0 aliphatic rings. The summed E-state index contributed by atoms with van der Waals surface area (Å²) in [6.07, 6.45) is 7.48. The highest BCUT2D eigenvalue weighted by Crippen LogP contribution is 2.40. The maximum absolute atomic E-state index is 4.37. The number of benzene rings is 3. The van der Waals surface area contributed by atoms with Crippen LogP contribution >= 0.6 is 11.3 Å². The lowest BCUT2D eigenvalue weighted by atomic mass is 9.99. The lowest BCUT2D eigenvalue weighted by Gasteiger charge is -2.13. The topological polar surface area (TPSA) is 30.7 Å². The van der Waals surface area contributed by atoms with Gasteiger partial charge in [0.05, 0.1) is 11.0 Å². The Labute approximate surface area is 200 Å². The Bertz CT molecular complexity index is 1740. The van der Waals surface area contributed by atoms with E-state index in [1.807, 2.05) is 48.3 Å². The fourth-order valence-electron chi connectivity index (χ4n) is 4.90. The molecule has 7 rings (SSSR count). The van der Waals surface area contributed by atoms with Crippen LogP contribution in [0.3, 0.4) is 0 Å². The Kier molecular flexibility index (Phi) is 4.32. The Hall–Kier alpha value is -4.28. The molecular weight excluding hydrogens is 434 g/mol. The molecule has 160 valence electrons. The lowest BCUT2D eigenvalue weighted by molar-refractivity contribution is 1.18. The molecule has 0 bridgehead atoms. The summed E-state index contributed by atoms with van der Waals surface area (Å²) in [5, 5.41) is 6.07. The van der Waals surface area contributed by atoms with Crippen molar-refractivity contribution in [2.24, 2.45) is 0 Å². The van der Waals surface area contributed by atoms with Gasteiger partial charge in [0, 0.05) is 57.1 Å². The highest BCUT2D eigenvalue weighted by atomic mass is 32.1. The van der Waals surface area contributed by atoms with Gasteiger partial charge in [-0.1, -0.05) is 36.4 Å². The second kappa shape index (κ2) is 7.65. The van der Waals surface area contributed by atoms with Crippen LogP contribution in [0.2, 0.25) is 0 Å². The number of hydrogen-bond acceptors (Lipinski definition) is 3. The average Bonchev–Trinajstić information content (AvgIpc) is 3.52. The van der Waals surface area contributed by atoms with E-state index >= 15 is 0 Å². The number of fused-ring (bicyclic) bond motifs is 5. The smallest absolute Gasteiger partial charge is 0.0555 e. The van der Waals surface area contributed by atoms with Crippen LogP contribution in [0.25, 0.3) is 59.8 Å². The third-order valence-corrected chi connectivity index (χ3v) is 7.37. The summed E-state index contributed by atoms with van der Waals surface area (Å²) in [7, 11) is 0. The third-order valence-electron chi connectivity index (χ3n) is 6.42. The molecule has 0 aliphatic carbocycles. The van der Waals surface area contributed by atoms with Crippen molar-refractivity contribution in [3.63, 3.8) is 0 Å². The van der Waals surface area contributed by atoms with Crippen LogP contribution < -0.4 is 0 Å². The van der Waals surface area contributed by atoms with Crippen LogP contribution in [-0.4, -0.2) is 14.5 Å². The van der Waals surface area contributed by atoms with Gasteiger partial charge < -0.3 is 4.57 Å². The van der Waals surface area contributed by atoms with Gasteiger partial charge in [-0.3, -0.25) is 9.97 Å². The maximum Gasteiger partial charge on any atom is 0.0555 e. The molecule has 0 spiro atoms. The van der Waals surface area contributed by atoms with Gasteiger partial charge in [-0.25, -0.2) is 0 Å². The molecule has 0 saturated heterocycles. The third kappa shape index (κ3) is 2.96. The van der Waals surface area contributed by atoms with Gasteiger partial charge in [-0.15, -0.1) is 11.3 Å². The standard InChI is InChI=1S/C30H19N3S/c1-2-8-27-26(7-1)29-28(10-9-20-11-14-34-30(20)29)33(27)25-16-23(21-5-3-12-31-18-21)15-24(17-25)22-6-4-13-32-19-22/h1-19H. The Balaban J connectivity index is 1.59. The normalized spacial score (nSPS) is 11.5. The average molecular weight is 454 g/mol. The highest BCUT2D eigenvalue weighted by Gasteiger charge is 2.16. The molecule has 0 N–H and O–H groups in total. The van der Waals surface area contributed by atoms with Crippen molar-refractivity contribution in [2.45, 2.75) is 0 Å². The zero-order chi connectivity index (χ0) is 22.5. The molecule has 4 aromatic heterocycles. The van der Waals surface area contributed by atoms with Gasteiger partial charge in [0.25, 0.3) is 0 Å². The first-order valence-corrected chi connectivity index (χ1v) is 12.1. The molecule has 4 heteroatoms. The number of rotatable bonds is 3. The summed E-state index contributed by atoms with van der Waals surface area (Å²) in [6, 6.07) is 30.3. The Morgan fingerprint density at radius 3 is 2.06 bits per heavy atom. The molecule has 0 amide bonds. The fraction of sp³-hybridized carbons (Fsp3) is 0. The van der Waals surface area contributed by atoms with Gasteiger partial charge in [0.1, 0.15) is 0 Å². The van der Waals surface area contributed by atoms with Crippen LogP contribution in [-0.2, 0) is 0 Å². The number of thiophene rings is 1. The van der Waals surface area contributed by atoms with Crippen molar-refractivity contribution >= 4 is 43.2 Å². The molecule has 0 aliphatic heterocycles. The molecule has 0 atom stereocenters. The van der Waals surface area contributed by atoms with Crippen molar-refractivity contribution in [1.82, 2.24) is 14.5 Å². The summed E-state index contributed by atoms with van der Waals surface area (Å²) in [5.41, 5.74) is 8.00. The van der Waals surface area contributed by atoms with Crippen LogP contribution in [0.5, 0.6) is 0 Å². The van der Waals surface area contributed by atoms with E-state index in [0.717, 1.165) is 27.9 Å². The van der Waals surface area contributed by atoms with Gasteiger partial charge in [-0.05, 0) is 70.4 Å². The number of pyridine rings is 2. The summed E-state index contributed by atoms with van der Waals surface area (Å²) < 4.78 is 3.73. The van der Waals surface area contributed by atoms with Crippen LogP contribution in [0.4, 0.5) is 0 Å². The molecular formula is C30H19N3S. The lowest BCUT2D eigenvalue weighted by Crippen LogP contribution is -1.96. The number of aromatic nitrogens is 3. The largest absolute Gasteiger partial charge is 0.309 e. The SMILES string of the molecule is c1cncc(-c2cc(-c3cccnc3)cc(-n3c4ccccc4c4c5sccc5ccc43)c2)c1. The van der Waals surface area contributed by atoms with Crippen molar-refractivity contribution in [3.05, 3.63) is 115 Å². The maximum atomic E-state index is 4.37. The van der Waals surface area contributed by atoms with Crippen LogP contribution in [0.1, 0.15) is 0 Å². The van der Waals surface area contributed by atoms with Gasteiger partial charge >= 0.3 is 0 Å². The Morgan fingerprint density at radius 2 is 1.35 bits per heavy atom. The molecule has 3 nitrogen and oxygen atoms in total. The van der Waals surface area contributed by atoms with E-state index in [9.17, 15) is 0 Å². The second-order valence-corrected chi connectivity index (χ2v) is 9.32. The molecule has 0 fully saturated rings. The van der Waals surface area contributed by atoms with Gasteiger partial charge in [0.15, 0.2) is 0 Å². The van der Waals surface area contributed by atoms with E-state index in [1.54, 1.807) is 0 Å². The number of para-hydroxylation sites is 1. The van der Waals surface area contributed by atoms with Gasteiger partial charge in [0.2, 0.25) is 0 Å². The Morgan fingerprint density at radius 1 is 0.618 bits per heavy atom. The van der Waals surface area contributed by atoms with Crippen molar-refractivity contribution in [2.75, 3.05) is 0 Å². The summed E-state index contributed by atoms with van der Waals surface area (Å²) in [4.78, 5) is 8.73. The minimum atomic E-state index is 1.09. The molecule has 4 heterocycles. The number of hydrogen-bond donors (Lipinski definition) is 0. The van der Waals surface area contributed by atoms with E-state index < -0.39 is 0 Å². The fourth-order valence-corrected chi connectivity index (χ4v) is 5.85. The minimum absolute atomic E-state index is 1.09. The number of nitrogens with zero attached hydrogens (tertiary/aromatic N) is 3. The van der Waals surface area contributed by atoms with Crippen LogP contribution in [0, 0.1) is 0 Å². The van der Waals surface area contributed by atoms with Crippen molar-refractivity contribution in [3.8, 4) is 27.9 Å². The van der Waals surface area contributed by atoms with Crippen LogP contribution in [0.15, 0.2) is 115 Å². The molecule has 34 heavy (non-hydrogen) atoms. The highest BCUT2D eigenvalue weighted by molar-refractivity contribution is 7.18. The zero-order valence-electron chi connectivity index (χ0n) is 18.2. The molecule has 0 saturated carbocycles. The van der Waals surface area contributed by atoms with E-state index in [0.29, 0.717) is 0 Å². The minimum Gasteiger partial charge on any atom is -0.309 e. The first kappa shape index (κ1) is 19.2. The van der Waals surface area contributed by atoms with E-state index in [1.165, 1.54) is 31.9 Å². The summed E-state index contributed by atoms with van der Waals surface area (Å²) >= 11 is 1.81. The van der Waals surface area contributed by atoms with Gasteiger partial charge in [-0.2, -0.15) is 0 Å². The van der Waals surface area contributed by atoms with E-state index in [2.05, 4.69) is 92.7 Å². The first-order valence-electron chi connectivity index (χ1n) is 11.2. The molecule has 7 aromatic rings. The van der Waals surface area contributed by atoms with Crippen molar-refractivity contribution < 1.29 is 0 Å². The monoisotopic (exact) mass is 453 g/mol. The molecule has 0 radical (unpaired) electrons. The summed E-state index contributed by atoms with van der Waals surface area (Å²) in [5.74, 6) is 0. The first-order chi connectivity index (χ1) is 16.9. The summed E-state index contributed by atoms with van der Waals surface area (Å²) in [6.45, 7) is 0. The quantitative estimate of drug-likeness (QED) is 0.270. The molecule has 0 unspecified atom stereocenters. The zero-order valence-corrected chi connectivity index (χ0v) is 19.0. The van der Waals surface area contributed by atoms with E-state index in [-0.39, 0.29) is 0 Å². The molecule has 3 aromatic carbocycles. The van der Waals surface area contributed by atoms with E-state index in [4.69, 9.17) is 0 Å². The second-order valence-electron chi connectivity index (χ2n) is 8.40.